The Balaban J connectivity index is 1.67. The van der Waals surface area contributed by atoms with Crippen molar-refractivity contribution >= 4 is 35.1 Å². The van der Waals surface area contributed by atoms with Crippen molar-refractivity contribution in [2.75, 3.05) is 24.5 Å². The molecule has 0 radical (unpaired) electrons. The quantitative estimate of drug-likeness (QED) is 0.851. The molecule has 1 aromatic carbocycles. The van der Waals surface area contributed by atoms with Crippen LogP contribution >= 0.6 is 23.2 Å². The predicted octanol–water partition coefficient (Wildman–Crippen LogP) is 2.15. The number of aromatic amines is 1. The third-order valence-electron chi connectivity index (χ3n) is 4.28. The van der Waals surface area contributed by atoms with E-state index in [1.54, 1.807) is 11.0 Å². The number of H-pyrrole nitrogens is 1. The molecular weight excluding hydrogens is 353 g/mol. The fourth-order valence-corrected chi connectivity index (χ4v) is 3.64. The summed E-state index contributed by atoms with van der Waals surface area (Å²) in [4.78, 5) is 20.1. The molecule has 1 saturated heterocycles. The Bertz CT molecular complexity index is 837. The second kappa shape index (κ2) is 5.68. The van der Waals surface area contributed by atoms with Crippen LogP contribution in [0, 0.1) is 0 Å². The standard InChI is InChI=1S/C15H13Cl2N5O2/c16-10-1-2-11(23)13(14(10)17)8-3-9-5-21(15-18-7-19-20-15)6-12(24)22(9)4-8/h1-3,7-8,23H,4-6H2,(H,18,19,20)/t8-/m0/s1. The largest absolute Gasteiger partial charge is 0.508 e. The fourth-order valence-electron chi connectivity index (χ4n) is 3.17. The number of aromatic hydroxyl groups is 1. The molecule has 7 nitrogen and oxygen atoms in total. The minimum atomic E-state index is -0.204. The van der Waals surface area contributed by atoms with Gasteiger partial charge in [0, 0.05) is 23.7 Å². The summed E-state index contributed by atoms with van der Waals surface area (Å²) in [7, 11) is 0. The van der Waals surface area contributed by atoms with Gasteiger partial charge < -0.3 is 14.9 Å². The summed E-state index contributed by atoms with van der Waals surface area (Å²) in [6.07, 6.45) is 3.35. The fraction of sp³-hybridized carbons (Fsp3) is 0.267. The molecular formula is C15H13Cl2N5O2. The Kier molecular flexibility index (Phi) is 3.62. The van der Waals surface area contributed by atoms with Gasteiger partial charge in [-0.1, -0.05) is 29.3 Å². The van der Waals surface area contributed by atoms with Crippen LogP contribution in [0.2, 0.25) is 10.0 Å². The van der Waals surface area contributed by atoms with Gasteiger partial charge in [-0.25, -0.2) is 5.10 Å². The van der Waals surface area contributed by atoms with Gasteiger partial charge in [-0.2, -0.15) is 10.1 Å². The molecule has 1 aromatic heterocycles. The Hall–Kier alpha value is -2.25. The van der Waals surface area contributed by atoms with Crippen LogP contribution in [0.15, 0.2) is 30.2 Å². The van der Waals surface area contributed by atoms with Crippen molar-refractivity contribution in [3.63, 3.8) is 0 Å². The van der Waals surface area contributed by atoms with Crippen molar-refractivity contribution < 1.29 is 9.90 Å². The highest BCUT2D eigenvalue weighted by Gasteiger charge is 2.37. The first-order valence-electron chi connectivity index (χ1n) is 7.33. The number of benzene rings is 1. The zero-order valence-corrected chi connectivity index (χ0v) is 13.9. The van der Waals surface area contributed by atoms with E-state index in [1.807, 2.05) is 11.0 Å². The van der Waals surface area contributed by atoms with Crippen LogP contribution in [-0.4, -0.2) is 50.7 Å². The minimum Gasteiger partial charge on any atom is -0.508 e. The summed E-state index contributed by atoms with van der Waals surface area (Å²) in [5.74, 6) is 0.385. The van der Waals surface area contributed by atoms with Gasteiger partial charge >= 0.3 is 0 Å². The van der Waals surface area contributed by atoms with Gasteiger partial charge in [0.25, 0.3) is 0 Å². The van der Waals surface area contributed by atoms with E-state index in [0.717, 1.165) is 5.70 Å². The molecule has 9 heteroatoms. The average Bonchev–Trinajstić information content (AvgIpc) is 3.20. The van der Waals surface area contributed by atoms with Gasteiger partial charge in [-0.15, -0.1) is 0 Å². The van der Waals surface area contributed by atoms with Crippen LogP contribution < -0.4 is 4.90 Å². The van der Waals surface area contributed by atoms with E-state index in [9.17, 15) is 9.90 Å². The van der Waals surface area contributed by atoms with Crippen molar-refractivity contribution in [2.45, 2.75) is 5.92 Å². The molecule has 4 rings (SSSR count). The molecule has 0 saturated carbocycles. The molecule has 1 atom stereocenters. The summed E-state index contributed by atoms with van der Waals surface area (Å²) in [6.45, 7) is 1.18. The Morgan fingerprint density at radius 2 is 2.12 bits per heavy atom. The number of piperazine rings is 1. The molecule has 0 bridgehead atoms. The number of aromatic nitrogens is 3. The lowest BCUT2D eigenvalue weighted by molar-refractivity contribution is -0.128. The molecule has 0 unspecified atom stereocenters. The SMILES string of the molecule is O=C1CN(c2ncn[nH]2)CC2=C[C@H](c3c(O)ccc(Cl)c3Cl)CN12. The van der Waals surface area contributed by atoms with Gasteiger partial charge in [0.1, 0.15) is 18.6 Å². The van der Waals surface area contributed by atoms with Gasteiger partial charge in [0.2, 0.25) is 11.9 Å². The molecule has 24 heavy (non-hydrogen) atoms. The maximum absolute atomic E-state index is 12.5. The number of rotatable bonds is 2. The average molecular weight is 366 g/mol. The molecule has 3 heterocycles. The number of nitrogens with zero attached hydrogens (tertiary/aromatic N) is 4. The van der Waals surface area contributed by atoms with Gasteiger partial charge in [0.15, 0.2) is 0 Å². The highest BCUT2D eigenvalue weighted by atomic mass is 35.5. The van der Waals surface area contributed by atoms with Crippen LogP contribution in [0.4, 0.5) is 5.95 Å². The second-order valence-corrected chi connectivity index (χ2v) is 6.51. The summed E-state index contributed by atoms with van der Waals surface area (Å²) >= 11 is 12.3. The Morgan fingerprint density at radius 1 is 1.29 bits per heavy atom. The van der Waals surface area contributed by atoms with Gasteiger partial charge in [-0.3, -0.25) is 4.79 Å². The Morgan fingerprint density at radius 3 is 2.88 bits per heavy atom. The third-order valence-corrected chi connectivity index (χ3v) is 5.10. The number of nitrogens with one attached hydrogen (secondary N) is 1. The van der Waals surface area contributed by atoms with Crippen LogP contribution in [0.1, 0.15) is 11.5 Å². The van der Waals surface area contributed by atoms with Crippen LogP contribution in [0.5, 0.6) is 5.75 Å². The van der Waals surface area contributed by atoms with E-state index in [1.165, 1.54) is 12.4 Å². The molecule has 1 amide bonds. The first kappa shape index (κ1) is 15.3. The number of anilines is 1. The van der Waals surface area contributed by atoms with Crippen molar-refractivity contribution in [3.8, 4) is 5.75 Å². The highest BCUT2D eigenvalue weighted by molar-refractivity contribution is 6.42. The van der Waals surface area contributed by atoms with Crippen molar-refractivity contribution in [3.05, 3.63) is 45.8 Å². The maximum atomic E-state index is 12.5. The zero-order chi connectivity index (χ0) is 16.8. The highest BCUT2D eigenvalue weighted by Crippen LogP contribution is 2.42. The summed E-state index contributed by atoms with van der Waals surface area (Å²) in [5.41, 5.74) is 1.40. The van der Waals surface area contributed by atoms with Gasteiger partial charge in [-0.05, 0) is 12.1 Å². The van der Waals surface area contributed by atoms with E-state index < -0.39 is 0 Å². The van der Waals surface area contributed by atoms with Crippen LogP contribution in [0.3, 0.4) is 0 Å². The number of amides is 1. The topological polar surface area (TPSA) is 85.3 Å². The molecule has 1 fully saturated rings. The number of hydrogen-bond donors (Lipinski definition) is 2. The number of carbonyl (C=O) groups excluding carboxylic acids is 1. The minimum absolute atomic E-state index is 0.0379. The van der Waals surface area contributed by atoms with Crippen molar-refractivity contribution in [2.24, 2.45) is 0 Å². The van der Waals surface area contributed by atoms with Crippen LogP contribution in [-0.2, 0) is 4.79 Å². The molecule has 2 aromatic rings. The normalized spacial score (nSPS) is 20.3. The van der Waals surface area contributed by atoms with Crippen molar-refractivity contribution in [1.29, 1.82) is 0 Å². The molecule has 124 valence electrons. The van der Waals surface area contributed by atoms with Crippen LogP contribution in [0.25, 0.3) is 0 Å². The molecule has 0 aliphatic carbocycles. The number of fused-ring (bicyclic) bond motifs is 1. The summed E-state index contributed by atoms with van der Waals surface area (Å²) in [5, 5.41) is 17.4. The van der Waals surface area contributed by atoms with E-state index in [0.29, 0.717) is 34.6 Å². The lowest BCUT2D eigenvalue weighted by atomic mass is 9.99. The maximum Gasteiger partial charge on any atom is 0.246 e. The lowest BCUT2D eigenvalue weighted by Crippen LogP contribution is -2.48. The van der Waals surface area contributed by atoms with E-state index in [-0.39, 0.29) is 24.1 Å². The van der Waals surface area contributed by atoms with E-state index in [2.05, 4.69) is 15.2 Å². The number of carbonyl (C=O) groups is 1. The summed E-state index contributed by atoms with van der Waals surface area (Å²) in [6, 6.07) is 3.07. The molecule has 2 aliphatic rings. The number of phenolic OH excluding ortho intramolecular Hbond substituents is 1. The lowest BCUT2D eigenvalue weighted by Gasteiger charge is -2.33. The molecule has 2 N–H and O–H groups in total. The van der Waals surface area contributed by atoms with Crippen molar-refractivity contribution in [1.82, 2.24) is 20.1 Å². The smallest absolute Gasteiger partial charge is 0.246 e. The Labute approximate surface area is 147 Å². The number of hydrogen-bond acceptors (Lipinski definition) is 5. The monoisotopic (exact) mass is 365 g/mol. The first-order valence-corrected chi connectivity index (χ1v) is 8.08. The van der Waals surface area contributed by atoms with Gasteiger partial charge in [0.05, 0.1) is 16.6 Å². The predicted molar refractivity (Wildman–Crippen MR) is 89.3 cm³/mol. The summed E-state index contributed by atoms with van der Waals surface area (Å²) < 4.78 is 0. The van der Waals surface area contributed by atoms with E-state index in [4.69, 9.17) is 23.2 Å². The number of phenols is 1. The number of halogens is 2. The molecule has 0 spiro atoms. The third kappa shape index (κ3) is 2.40. The second-order valence-electron chi connectivity index (χ2n) is 5.73. The van der Waals surface area contributed by atoms with E-state index >= 15 is 0 Å². The molecule has 2 aliphatic heterocycles. The zero-order valence-electron chi connectivity index (χ0n) is 12.4. The first-order chi connectivity index (χ1) is 11.5.